The number of likely N-dealkylation sites (tertiary alicyclic amines) is 1. The van der Waals surface area contributed by atoms with E-state index in [9.17, 15) is 9.59 Å². The molecule has 28 heavy (non-hydrogen) atoms. The SMILES string of the molecule is CCOC(=O)C1=C(CN2CCC[C@@H](C)C2)NC(=O)N[C@H]1c1ccccc1OC. The summed E-state index contributed by atoms with van der Waals surface area (Å²) in [6, 6.07) is 6.44. The van der Waals surface area contributed by atoms with Gasteiger partial charge >= 0.3 is 12.0 Å². The first kappa shape index (κ1) is 20.2. The van der Waals surface area contributed by atoms with Gasteiger partial charge in [-0.1, -0.05) is 25.1 Å². The highest BCUT2D eigenvalue weighted by atomic mass is 16.5. The van der Waals surface area contributed by atoms with Gasteiger partial charge in [-0.2, -0.15) is 0 Å². The van der Waals surface area contributed by atoms with Crippen molar-refractivity contribution in [3.63, 3.8) is 0 Å². The van der Waals surface area contributed by atoms with E-state index in [0.717, 1.165) is 25.1 Å². The summed E-state index contributed by atoms with van der Waals surface area (Å²) in [5.74, 6) is 0.788. The number of carbonyl (C=O) groups excluding carboxylic acids is 2. The number of hydrogen-bond acceptors (Lipinski definition) is 5. The van der Waals surface area contributed by atoms with Crippen molar-refractivity contribution >= 4 is 12.0 Å². The third-order valence-corrected chi connectivity index (χ3v) is 5.22. The molecule has 0 saturated carbocycles. The summed E-state index contributed by atoms with van der Waals surface area (Å²) in [6.45, 7) is 6.68. The Hall–Kier alpha value is -2.54. The molecule has 2 atom stereocenters. The summed E-state index contributed by atoms with van der Waals surface area (Å²) in [6.07, 6.45) is 2.32. The van der Waals surface area contributed by atoms with Crippen LogP contribution in [0.25, 0.3) is 0 Å². The summed E-state index contributed by atoms with van der Waals surface area (Å²) < 4.78 is 10.8. The Morgan fingerprint density at radius 3 is 2.82 bits per heavy atom. The molecular formula is C21H29N3O4. The van der Waals surface area contributed by atoms with Gasteiger partial charge in [0, 0.05) is 24.4 Å². The van der Waals surface area contributed by atoms with E-state index in [1.54, 1.807) is 14.0 Å². The minimum absolute atomic E-state index is 0.267. The zero-order valence-electron chi connectivity index (χ0n) is 16.8. The zero-order valence-corrected chi connectivity index (χ0v) is 16.8. The van der Waals surface area contributed by atoms with Crippen LogP contribution in [-0.2, 0) is 9.53 Å². The second-order valence-electron chi connectivity index (χ2n) is 7.37. The number of nitrogens with zero attached hydrogens (tertiary/aromatic N) is 1. The molecule has 0 aromatic heterocycles. The van der Waals surface area contributed by atoms with Crippen LogP contribution in [0.15, 0.2) is 35.5 Å². The van der Waals surface area contributed by atoms with Crippen LogP contribution in [0.1, 0.15) is 38.3 Å². The van der Waals surface area contributed by atoms with Crippen molar-refractivity contribution in [1.29, 1.82) is 0 Å². The maximum atomic E-state index is 12.9. The number of para-hydroxylation sites is 1. The molecule has 0 aliphatic carbocycles. The Morgan fingerprint density at radius 1 is 1.32 bits per heavy atom. The quantitative estimate of drug-likeness (QED) is 0.734. The van der Waals surface area contributed by atoms with Crippen LogP contribution in [0.2, 0.25) is 0 Å². The summed E-state index contributed by atoms with van der Waals surface area (Å²) in [5.41, 5.74) is 1.77. The topological polar surface area (TPSA) is 79.9 Å². The first-order chi connectivity index (χ1) is 13.5. The van der Waals surface area contributed by atoms with Crippen molar-refractivity contribution in [2.45, 2.75) is 32.7 Å². The molecule has 1 aromatic carbocycles. The predicted octanol–water partition coefficient (Wildman–Crippen LogP) is 2.60. The van der Waals surface area contributed by atoms with Gasteiger partial charge in [0.15, 0.2) is 0 Å². The molecule has 0 bridgehead atoms. The lowest BCUT2D eigenvalue weighted by molar-refractivity contribution is -0.139. The number of carbonyl (C=O) groups is 2. The second-order valence-corrected chi connectivity index (χ2v) is 7.37. The number of benzene rings is 1. The largest absolute Gasteiger partial charge is 0.496 e. The minimum atomic E-state index is -0.624. The Balaban J connectivity index is 2.01. The van der Waals surface area contributed by atoms with Gasteiger partial charge < -0.3 is 20.1 Å². The van der Waals surface area contributed by atoms with Crippen LogP contribution in [0, 0.1) is 5.92 Å². The molecule has 0 unspecified atom stereocenters. The van der Waals surface area contributed by atoms with Gasteiger partial charge in [-0.05, 0) is 38.3 Å². The molecule has 1 aromatic rings. The van der Waals surface area contributed by atoms with Crippen molar-refractivity contribution in [2.75, 3.05) is 33.4 Å². The van der Waals surface area contributed by atoms with Gasteiger partial charge in [0.1, 0.15) is 5.75 Å². The zero-order chi connectivity index (χ0) is 20.1. The summed E-state index contributed by atoms with van der Waals surface area (Å²) in [7, 11) is 1.57. The van der Waals surface area contributed by atoms with E-state index in [4.69, 9.17) is 9.47 Å². The van der Waals surface area contributed by atoms with Crippen LogP contribution < -0.4 is 15.4 Å². The molecule has 7 heteroatoms. The normalized spacial score (nSPS) is 23.0. The first-order valence-corrected chi connectivity index (χ1v) is 9.86. The number of nitrogens with one attached hydrogen (secondary N) is 2. The summed E-state index contributed by atoms with van der Waals surface area (Å²) in [5, 5.41) is 5.72. The Bertz CT molecular complexity index is 762. The highest BCUT2D eigenvalue weighted by molar-refractivity contribution is 5.95. The Morgan fingerprint density at radius 2 is 2.11 bits per heavy atom. The molecule has 3 rings (SSSR count). The molecule has 152 valence electrons. The summed E-state index contributed by atoms with van der Waals surface area (Å²) >= 11 is 0. The molecule has 1 fully saturated rings. The Kier molecular flexibility index (Phi) is 6.57. The molecule has 0 radical (unpaired) electrons. The van der Waals surface area contributed by atoms with Crippen LogP contribution in [-0.4, -0.2) is 50.3 Å². The van der Waals surface area contributed by atoms with E-state index in [-0.39, 0.29) is 12.6 Å². The number of ether oxygens (including phenoxy) is 2. The highest BCUT2D eigenvalue weighted by Crippen LogP contribution is 2.34. The van der Waals surface area contributed by atoms with E-state index in [1.807, 2.05) is 24.3 Å². The maximum absolute atomic E-state index is 12.9. The lowest BCUT2D eigenvalue weighted by Crippen LogP contribution is -2.49. The second kappa shape index (κ2) is 9.10. The van der Waals surface area contributed by atoms with Crippen LogP contribution in [0.4, 0.5) is 4.79 Å². The highest BCUT2D eigenvalue weighted by Gasteiger charge is 2.36. The first-order valence-electron chi connectivity index (χ1n) is 9.86. The molecule has 2 N–H and O–H groups in total. The standard InChI is InChI=1S/C21H29N3O4/c1-4-28-20(25)18-16(13-24-11-7-8-14(2)12-24)22-21(26)23-19(18)15-9-5-6-10-17(15)27-3/h5-6,9-10,14,19H,4,7-8,11-13H2,1-3H3,(H2,22,23,26)/t14-,19+/m1/s1. The third kappa shape index (κ3) is 4.47. The van der Waals surface area contributed by atoms with Gasteiger partial charge in [0.05, 0.1) is 25.3 Å². The molecule has 2 aliphatic heterocycles. The number of amides is 2. The van der Waals surface area contributed by atoms with Crippen LogP contribution in [0.3, 0.4) is 0 Å². The fourth-order valence-corrected chi connectivity index (χ4v) is 3.98. The van der Waals surface area contributed by atoms with E-state index < -0.39 is 12.0 Å². The van der Waals surface area contributed by atoms with Gasteiger partial charge in [0.2, 0.25) is 0 Å². The van der Waals surface area contributed by atoms with Gasteiger partial charge in [0.25, 0.3) is 0 Å². The number of hydrogen-bond donors (Lipinski definition) is 2. The van der Waals surface area contributed by atoms with Crippen molar-refractivity contribution in [2.24, 2.45) is 5.92 Å². The molecule has 1 saturated heterocycles. The lowest BCUT2D eigenvalue weighted by Gasteiger charge is -2.35. The fourth-order valence-electron chi connectivity index (χ4n) is 3.98. The maximum Gasteiger partial charge on any atom is 0.338 e. The average Bonchev–Trinajstić information content (AvgIpc) is 2.67. The van der Waals surface area contributed by atoms with Crippen molar-refractivity contribution < 1.29 is 19.1 Å². The van der Waals surface area contributed by atoms with Gasteiger partial charge in [-0.15, -0.1) is 0 Å². The van der Waals surface area contributed by atoms with Crippen molar-refractivity contribution in [3.8, 4) is 5.75 Å². The molecule has 7 nitrogen and oxygen atoms in total. The van der Waals surface area contributed by atoms with Gasteiger partial charge in [-0.25, -0.2) is 9.59 Å². The van der Waals surface area contributed by atoms with E-state index >= 15 is 0 Å². The van der Waals surface area contributed by atoms with Crippen molar-refractivity contribution in [3.05, 3.63) is 41.1 Å². The van der Waals surface area contributed by atoms with Crippen LogP contribution in [0.5, 0.6) is 5.75 Å². The van der Waals surface area contributed by atoms with E-state index in [1.165, 1.54) is 6.42 Å². The lowest BCUT2D eigenvalue weighted by atomic mass is 9.93. The third-order valence-electron chi connectivity index (χ3n) is 5.22. The molecule has 2 amide bonds. The average molecular weight is 387 g/mol. The fraction of sp³-hybridized carbons (Fsp3) is 0.524. The number of methoxy groups -OCH3 is 1. The molecular weight excluding hydrogens is 358 g/mol. The monoisotopic (exact) mass is 387 g/mol. The summed E-state index contributed by atoms with van der Waals surface area (Å²) in [4.78, 5) is 27.6. The molecule has 0 spiro atoms. The van der Waals surface area contributed by atoms with Crippen molar-refractivity contribution in [1.82, 2.24) is 15.5 Å². The molecule has 2 aliphatic rings. The number of esters is 1. The Labute approximate surface area is 166 Å². The van der Waals surface area contributed by atoms with Gasteiger partial charge in [-0.3, -0.25) is 4.90 Å². The van der Waals surface area contributed by atoms with Crippen LogP contribution >= 0.6 is 0 Å². The number of rotatable bonds is 6. The minimum Gasteiger partial charge on any atom is -0.496 e. The number of urea groups is 1. The predicted molar refractivity (Wildman–Crippen MR) is 106 cm³/mol. The van der Waals surface area contributed by atoms with E-state index in [0.29, 0.717) is 29.5 Å². The smallest absolute Gasteiger partial charge is 0.338 e. The molecule has 2 heterocycles. The number of piperidine rings is 1. The van der Waals surface area contributed by atoms with E-state index in [2.05, 4.69) is 22.5 Å².